The molecule has 122 valence electrons. The van der Waals surface area contributed by atoms with E-state index in [0.29, 0.717) is 0 Å². The van der Waals surface area contributed by atoms with Crippen molar-refractivity contribution < 1.29 is 14.4 Å². The highest BCUT2D eigenvalue weighted by Gasteiger charge is 2.15. The second kappa shape index (κ2) is 12.1. The van der Waals surface area contributed by atoms with Gasteiger partial charge in [0.25, 0.3) is 0 Å². The topological polar surface area (TPSA) is 125 Å². The highest BCUT2D eigenvalue weighted by Crippen LogP contribution is 2.00. The maximum atomic E-state index is 11.9. The SMILES string of the molecule is CNCCCCC(NC)C(=O)NCCC(=O)NCC(N)=O. The van der Waals surface area contributed by atoms with E-state index < -0.39 is 5.91 Å². The van der Waals surface area contributed by atoms with Crippen LogP contribution < -0.4 is 27.0 Å². The van der Waals surface area contributed by atoms with E-state index in [-0.39, 0.29) is 37.4 Å². The standard InChI is InChI=1S/C13H27N5O3/c1-15-7-4-3-5-10(16-2)13(21)17-8-6-12(20)18-9-11(14)19/h10,15-16H,3-9H2,1-2H3,(H2,14,19)(H,17,21)(H,18,20). The van der Waals surface area contributed by atoms with Crippen molar-refractivity contribution in [1.82, 2.24) is 21.3 Å². The fourth-order valence-corrected chi connectivity index (χ4v) is 1.75. The Morgan fingerprint density at radius 2 is 1.76 bits per heavy atom. The molecule has 0 aromatic heterocycles. The maximum Gasteiger partial charge on any atom is 0.237 e. The Labute approximate surface area is 125 Å². The normalized spacial score (nSPS) is 11.7. The Morgan fingerprint density at radius 1 is 1.05 bits per heavy atom. The summed E-state index contributed by atoms with van der Waals surface area (Å²) in [6.07, 6.45) is 2.82. The molecule has 0 radical (unpaired) electrons. The molecule has 8 nitrogen and oxygen atoms in total. The van der Waals surface area contributed by atoms with Gasteiger partial charge in [0.2, 0.25) is 17.7 Å². The predicted molar refractivity (Wildman–Crippen MR) is 80.5 cm³/mol. The number of carbonyl (C=O) groups is 3. The fourth-order valence-electron chi connectivity index (χ4n) is 1.75. The first-order valence-corrected chi connectivity index (χ1v) is 7.15. The highest BCUT2D eigenvalue weighted by molar-refractivity contribution is 5.85. The van der Waals surface area contributed by atoms with Gasteiger partial charge in [0.1, 0.15) is 0 Å². The summed E-state index contributed by atoms with van der Waals surface area (Å²) in [4.78, 5) is 33.7. The second-order valence-corrected chi connectivity index (χ2v) is 4.72. The monoisotopic (exact) mass is 301 g/mol. The van der Waals surface area contributed by atoms with E-state index in [9.17, 15) is 14.4 Å². The van der Waals surface area contributed by atoms with Crippen molar-refractivity contribution >= 4 is 17.7 Å². The van der Waals surface area contributed by atoms with Gasteiger partial charge >= 0.3 is 0 Å². The summed E-state index contributed by atoms with van der Waals surface area (Å²) in [5.41, 5.74) is 4.91. The number of unbranched alkanes of at least 4 members (excludes halogenated alkanes) is 1. The minimum Gasteiger partial charge on any atom is -0.368 e. The summed E-state index contributed by atoms with van der Waals surface area (Å²) in [6.45, 7) is 0.980. The van der Waals surface area contributed by atoms with Gasteiger partial charge in [0, 0.05) is 13.0 Å². The molecule has 0 spiro atoms. The van der Waals surface area contributed by atoms with E-state index in [1.165, 1.54) is 0 Å². The number of amides is 3. The molecule has 0 bridgehead atoms. The van der Waals surface area contributed by atoms with Crippen molar-refractivity contribution in [3.8, 4) is 0 Å². The van der Waals surface area contributed by atoms with Crippen LogP contribution in [0.3, 0.4) is 0 Å². The van der Waals surface area contributed by atoms with Crippen molar-refractivity contribution in [2.75, 3.05) is 33.7 Å². The summed E-state index contributed by atoms with van der Waals surface area (Å²) in [5.74, 6) is -1.03. The van der Waals surface area contributed by atoms with Crippen LogP contribution in [0.25, 0.3) is 0 Å². The lowest BCUT2D eigenvalue weighted by Crippen LogP contribution is -2.44. The lowest BCUT2D eigenvalue weighted by atomic mass is 10.1. The number of nitrogens with one attached hydrogen (secondary N) is 4. The quantitative estimate of drug-likeness (QED) is 0.268. The molecule has 0 saturated carbocycles. The first-order valence-electron chi connectivity index (χ1n) is 7.15. The summed E-state index contributed by atoms with van der Waals surface area (Å²) < 4.78 is 0. The Balaban J connectivity index is 3.83. The van der Waals surface area contributed by atoms with E-state index in [0.717, 1.165) is 25.8 Å². The molecule has 0 aliphatic heterocycles. The number of nitrogens with two attached hydrogens (primary N) is 1. The Kier molecular flexibility index (Phi) is 11.1. The number of likely N-dealkylation sites (N-methyl/N-ethyl adjacent to an activating group) is 1. The minimum atomic E-state index is -0.593. The smallest absolute Gasteiger partial charge is 0.237 e. The third kappa shape index (κ3) is 10.7. The van der Waals surface area contributed by atoms with E-state index in [4.69, 9.17) is 5.73 Å². The van der Waals surface area contributed by atoms with Crippen LogP contribution >= 0.6 is 0 Å². The van der Waals surface area contributed by atoms with E-state index in [2.05, 4.69) is 21.3 Å². The molecule has 0 fully saturated rings. The molecule has 1 unspecified atom stereocenters. The highest BCUT2D eigenvalue weighted by atomic mass is 16.2. The lowest BCUT2D eigenvalue weighted by molar-refractivity contribution is -0.125. The second-order valence-electron chi connectivity index (χ2n) is 4.72. The molecule has 0 aliphatic carbocycles. The molecule has 21 heavy (non-hydrogen) atoms. The molecular formula is C13H27N5O3. The van der Waals surface area contributed by atoms with Crippen molar-refractivity contribution in [1.29, 1.82) is 0 Å². The molecule has 0 aliphatic rings. The number of hydrogen-bond donors (Lipinski definition) is 5. The van der Waals surface area contributed by atoms with Crippen LogP contribution in [0.2, 0.25) is 0 Å². The van der Waals surface area contributed by atoms with Gasteiger partial charge in [0.15, 0.2) is 0 Å². The minimum absolute atomic E-state index is 0.120. The van der Waals surface area contributed by atoms with Crippen LogP contribution in [-0.2, 0) is 14.4 Å². The predicted octanol–water partition coefficient (Wildman–Crippen LogP) is -1.93. The van der Waals surface area contributed by atoms with Crippen molar-refractivity contribution in [3.63, 3.8) is 0 Å². The average molecular weight is 301 g/mol. The Hall–Kier alpha value is -1.67. The van der Waals surface area contributed by atoms with Gasteiger partial charge in [-0.3, -0.25) is 14.4 Å². The van der Waals surface area contributed by atoms with E-state index in [1.807, 2.05) is 7.05 Å². The molecular weight excluding hydrogens is 274 g/mol. The number of rotatable bonds is 12. The van der Waals surface area contributed by atoms with Crippen LogP contribution in [0, 0.1) is 0 Å². The maximum absolute atomic E-state index is 11.9. The zero-order chi connectivity index (χ0) is 16.1. The average Bonchev–Trinajstić information content (AvgIpc) is 2.45. The number of primary amides is 1. The van der Waals surface area contributed by atoms with Crippen molar-refractivity contribution in [3.05, 3.63) is 0 Å². The third-order valence-corrected chi connectivity index (χ3v) is 2.95. The van der Waals surface area contributed by atoms with Crippen LogP contribution in [-0.4, -0.2) is 57.5 Å². The van der Waals surface area contributed by atoms with Crippen LogP contribution in [0.1, 0.15) is 25.7 Å². The fraction of sp³-hybridized carbons (Fsp3) is 0.769. The van der Waals surface area contributed by atoms with Gasteiger partial charge in [-0.15, -0.1) is 0 Å². The largest absolute Gasteiger partial charge is 0.368 e. The van der Waals surface area contributed by atoms with Gasteiger partial charge in [-0.05, 0) is 33.5 Å². The molecule has 3 amide bonds. The molecule has 0 heterocycles. The van der Waals surface area contributed by atoms with Gasteiger partial charge in [-0.25, -0.2) is 0 Å². The third-order valence-electron chi connectivity index (χ3n) is 2.95. The van der Waals surface area contributed by atoms with Gasteiger partial charge in [0.05, 0.1) is 12.6 Å². The van der Waals surface area contributed by atoms with E-state index >= 15 is 0 Å². The van der Waals surface area contributed by atoms with Crippen molar-refractivity contribution in [2.45, 2.75) is 31.7 Å². The summed E-state index contributed by atoms with van der Waals surface area (Å²) in [6, 6.07) is -0.254. The summed E-state index contributed by atoms with van der Waals surface area (Å²) >= 11 is 0. The summed E-state index contributed by atoms with van der Waals surface area (Å²) in [7, 11) is 3.63. The van der Waals surface area contributed by atoms with Crippen LogP contribution in [0.4, 0.5) is 0 Å². The number of carbonyl (C=O) groups excluding carboxylic acids is 3. The molecule has 0 saturated heterocycles. The van der Waals surface area contributed by atoms with Gasteiger partial charge in [-0.2, -0.15) is 0 Å². The zero-order valence-electron chi connectivity index (χ0n) is 12.8. The molecule has 8 heteroatoms. The molecule has 6 N–H and O–H groups in total. The number of hydrogen-bond acceptors (Lipinski definition) is 5. The molecule has 0 aromatic rings. The van der Waals surface area contributed by atoms with Gasteiger partial charge < -0.3 is 27.0 Å². The summed E-state index contributed by atoms with van der Waals surface area (Å²) in [5, 5.41) is 11.1. The first kappa shape index (κ1) is 19.3. The van der Waals surface area contributed by atoms with Gasteiger partial charge in [-0.1, -0.05) is 6.42 Å². The van der Waals surface area contributed by atoms with Crippen LogP contribution in [0.5, 0.6) is 0 Å². The first-order chi connectivity index (χ1) is 10.0. The Bertz CT molecular complexity index is 336. The molecule has 0 aromatic carbocycles. The van der Waals surface area contributed by atoms with E-state index in [1.54, 1.807) is 7.05 Å². The Morgan fingerprint density at radius 3 is 2.33 bits per heavy atom. The zero-order valence-corrected chi connectivity index (χ0v) is 12.8. The molecule has 0 rings (SSSR count). The molecule has 1 atom stereocenters. The van der Waals surface area contributed by atoms with Crippen LogP contribution in [0.15, 0.2) is 0 Å². The van der Waals surface area contributed by atoms with Crippen molar-refractivity contribution in [2.24, 2.45) is 5.73 Å². The lowest BCUT2D eigenvalue weighted by Gasteiger charge is -2.15.